The third-order valence-electron chi connectivity index (χ3n) is 15.6. The second kappa shape index (κ2) is 40.9. The van der Waals surface area contributed by atoms with Gasteiger partial charge < -0.3 is 80.8 Å². The van der Waals surface area contributed by atoms with Crippen LogP contribution in [0.4, 0.5) is 0 Å². The predicted octanol–water partition coefficient (Wildman–Crippen LogP) is 0.713. The predicted molar refractivity (Wildman–Crippen MR) is 342 cm³/mol. The van der Waals surface area contributed by atoms with Gasteiger partial charge in [0.2, 0.25) is 59.1 Å². The summed E-state index contributed by atoms with van der Waals surface area (Å²) >= 11 is 0. The molecule has 27 nitrogen and oxygen atoms in total. The maximum atomic E-state index is 14.9. The van der Waals surface area contributed by atoms with Crippen LogP contribution >= 0.6 is 0 Å². The first-order chi connectivity index (χ1) is 42.0. The molecule has 0 radical (unpaired) electrons. The minimum absolute atomic E-state index is 0.00161. The first-order valence-electron chi connectivity index (χ1n) is 31.9. The summed E-state index contributed by atoms with van der Waals surface area (Å²) in [6, 6.07) is -1.86. The van der Waals surface area contributed by atoms with Crippen molar-refractivity contribution >= 4 is 71.0 Å². The molecule has 1 aromatic carbocycles. The SMILES string of the molecule is CCCCCCCC(=O)N[C@H](C)C(=O)N[C@@H](Cc1ccccc1)C(=O)N[C@H](CCCC)C(=O)N[C@@H](CC(C)C)C(=O)N1C[C@H](O)C[C@H]1C(=O)N(C)[C@@H](CC(C)C)C(=O)N[C@@H](CCCN=C(N)N)C(=O)N[C@@H](CCCN=C(N)N)C(=O)N[C@H](C(N)=O)[C@@H](C)CC. The Hall–Kier alpha value is -7.58. The molecule has 0 bridgehead atoms. The number of aliphatic hydroxyl groups is 1. The van der Waals surface area contributed by atoms with Gasteiger partial charge in [-0.1, -0.05) is 131 Å². The number of benzene rings is 1. The molecule has 1 heterocycles. The Morgan fingerprint density at radius 2 is 1.07 bits per heavy atom. The molecule has 1 aromatic rings. The fraction of sp³-hybridized carbons (Fsp3) is 0.710. The molecule has 27 heteroatoms. The molecule has 1 fully saturated rings. The number of likely N-dealkylation sites (tertiary alicyclic amines) is 1. The first kappa shape index (κ1) is 77.5. The van der Waals surface area contributed by atoms with E-state index in [0.717, 1.165) is 31.2 Å². The van der Waals surface area contributed by atoms with Crippen molar-refractivity contribution < 1.29 is 53.1 Å². The Morgan fingerprint density at radius 1 is 0.584 bits per heavy atom. The number of nitrogens with one attached hydrogen (secondary N) is 7. The van der Waals surface area contributed by atoms with Gasteiger partial charge in [-0.05, 0) is 81.6 Å². The highest BCUT2D eigenvalue weighted by Gasteiger charge is 2.45. The van der Waals surface area contributed by atoms with Crippen molar-refractivity contribution in [3.05, 3.63) is 35.9 Å². The smallest absolute Gasteiger partial charge is 0.245 e. The number of likely N-dealkylation sites (N-methyl/N-ethyl adjacent to an activating group) is 1. The molecule has 10 amide bonds. The summed E-state index contributed by atoms with van der Waals surface area (Å²) < 4.78 is 0. The van der Waals surface area contributed by atoms with Gasteiger partial charge >= 0.3 is 0 Å². The summed E-state index contributed by atoms with van der Waals surface area (Å²) in [5, 5.41) is 30.6. The number of hydrogen-bond donors (Lipinski definition) is 13. The van der Waals surface area contributed by atoms with E-state index in [1.54, 1.807) is 31.2 Å². The van der Waals surface area contributed by atoms with E-state index in [4.69, 9.17) is 28.7 Å². The summed E-state index contributed by atoms with van der Waals surface area (Å²) in [7, 11) is 1.38. The van der Waals surface area contributed by atoms with E-state index in [1.165, 1.54) is 23.8 Å². The van der Waals surface area contributed by atoms with Crippen LogP contribution in [0.1, 0.15) is 177 Å². The van der Waals surface area contributed by atoms with Crippen LogP contribution in [-0.4, -0.2) is 173 Å². The number of nitrogens with zero attached hydrogens (tertiary/aromatic N) is 4. The highest BCUT2D eigenvalue weighted by Crippen LogP contribution is 2.25. The minimum atomic E-state index is -1.34. The van der Waals surface area contributed by atoms with Crippen LogP contribution in [0.25, 0.3) is 0 Å². The number of guanidine groups is 2. The van der Waals surface area contributed by atoms with Gasteiger partial charge in [0, 0.05) is 45.9 Å². The van der Waals surface area contributed by atoms with Gasteiger partial charge in [0.05, 0.1) is 6.10 Å². The van der Waals surface area contributed by atoms with Crippen LogP contribution in [0.2, 0.25) is 0 Å². The van der Waals surface area contributed by atoms with Gasteiger partial charge in [-0.3, -0.25) is 57.9 Å². The van der Waals surface area contributed by atoms with Crippen LogP contribution < -0.4 is 65.9 Å². The van der Waals surface area contributed by atoms with Gasteiger partial charge in [0.25, 0.3) is 0 Å². The van der Waals surface area contributed by atoms with Crippen LogP contribution in [0, 0.1) is 17.8 Å². The number of rotatable bonds is 42. The Kier molecular flexibility index (Phi) is 35.6. The number of carbonyl (C=O) groups excluding carboxylic acids is 10. The third-order valence-corrected chi connectivity index (χ3v) is 15.6. The number of aliphatic imine (C=N–C) groups is 2. The van der Waals surface area contributed by atoms with Gasteiger partial charge in [-0.2, -0.15) is 0 Å². The number of unbranched alkanes of at least 4 members (excludes halogenated alkanes) is 5. The monoisotopic (exact) mass is 1250 g/mol. The maximum absolute atomic E-state index is 14.9. The summed E-state index contributed by atoms with van der Waals surface area (Å²) in [6.07, 6.45) is 5.90. The average Bonchev–Trinajstić information content (AvgIpc) is 2.37. The number of amides is 10. The van der Waals surface area contributed by atoms with Crippen LogP contribution in [0.15, 0.2) is 40.3 Å². The number of carbonyl (C=O) groups is 10. The van der Waals surface area contributed by atoms with E-state index < -0.39 is 114 Å². The molecule has 502 valence electrons. The molecule has 18 N–H and O–H groups in total. The summed E-state index contributed by atoms with van der Waals surface area (Å²) in [4.78, 5) is 151. The molecule has 1 aliphatic rings. The van der Waals surface area contributed by atoms with Crippen LogP contribution in [0.3, 0.4) is 0 Å². The van der Waals surface area contributed by atoms with Crippen molar-refractivity contribution in [3.63, 3.8) is 0 Å². The van der Waals surface area contributed by atoms with Crippen molar-refractivity contribution in [3.8, 4) is 0 Å². The average molecular weight is 1250 g/mol. The number of hydrogen-bond acceptors (Lipinski definition) is 13. The van der Waals surface area contributed by atoms with Crippen molar-refractivity contribution in [2.45, 2.75) is 238 Å². The van der Waals surface area contributed by atoms with E-state index in [0.29, 0.717) is 25.7 Å². The van der Waals surface area contributed by atoms with Crippen molar-refractivity contribution in [2.24, 2.45) is 56.4 Å². The Morgan fingerprint density at radius 3 is 1.57 bits per heavy atom. The zero-order valence-electron chi connectivity index (χ0n) is 54.4. The number of β-amino-alcohol motifs (C(OH)–C–C–N with tert-alkyl or cyclic N) is 1. The lowest BCUT2D eigenvalue weighted by Crippen LogP contribution is -2.60. The number of primary amides is 1. The fourth-order valence-electron chi connectivity index (χ4n) is 10.4. The lowest BCUT2D eigenvalue weighted by atomic mass is 9.97. The quantitative estimate of drug-likeness (QED) is 0.0244. The van der Waals surface area contributed by atoms with E-state index in [1.807, 2.05) is 47.6 Å². The highest BCUT2D eigenvalue weighted by atomic mass is 16.3. The molecule has 2 rings (SSSR count). The second-order valence-corrected chi connectivity index (χ2v) is 24.4. The molecule has 0 aliphatic carbocycles. The van der Waals surface area contributed by atoms with Gasteiger partial charge in [0.1, 0.15) is 54.4 Å². The molecule has 1 saturated heterocycles. The Bertz CT molecular complexity index is 2490. The van der Waals surface area contributed by atoms with E-state index in [-0.39, 0.29) is 119 Å². The molecular weight excluding hydrogens is 1140 g/mol. The van der Waals surface area contributed by atoms with Gasteiger partial charge in [-0.15, -0.1) is 0 Å². The van der Waals surface area contributed by atoms with Crippen LogP contribution in [-0.2, 0) is 54.4 Å². The van der Waals surface area contributed by atoms with Gasteiger partial charge in [-0.25, -0.2) is 0 Å². The molecule has 0 spiro atoms. The molecule has 0 unspecified atom stereocenters. The molecule has 0 saturated carbocycles. The maximum Gasteiger partial charge on any atom is 0.245 e. The highest BCUT2D eigenvalue weighted by molar-refractivity contribution is 5.99. The topological polar surface area (TPSA) is 436 Å². The normalized spacial score (nSPS) is 16.8. The summed E-state index contributed by atoms with van der Waals surface area (Å²) in [6.45, 7) is 16.3. The Labute approximate surface area is 526 Å². The van der Waals surface area contributed by atoms with Crippen LogP contribution in [0.5, 0.6) is 0 Å². The first-order valence-corrected chi connectivity index (χ1v) is 31.9. The van der Waals surface area contributed by atoms with Crippen molar-refractivity contribution in [1.29, 1.82) is 0 Å². The lowest BCUT2D eigenvalue weighted by molar-refractivity contribution is -0.149. The molecule has 0 aromatic heterocycles. The largest absolute Gasteiger partial charge is 0.391 e. The summed E-state index contributed by atoms with van der Waals surface area (Å²) in [5.41, 5.74) is 28.6. The molecule has 11 atom stereocenters. The van der Waals surface area contributed by atoms with Crippen molar-refractivity contribution in [2.75, 3.05) is 26.7 Å². The summed E-state index contributed by atoms with van der Waals surface area (Å²) in [5.74, 6) is -7.85. The standard InChI is InChI=1S/C62H108N16O11/c1-11-14-16-17-21-29-50(80)70-40(9)53(82)74-46(34-41-24-19-18-20-25-41)57(86)72-43(26-15-12-2)55(84)75-47(32-37(4)5)59(88)78-36-42(79)35-49(78)60(89)77(10)48(33-38(6)7)58(87)73-44(27-22-30-68-61(64)65)54(83)71-45(28-23-31-69-62(66)67)56(85)76-51(52(63)81)39(8)13-3/h18-20,24-25,37-40,42-49,51,79H,11-17,21-23,26-36H2,1-10H3,(H2,63,81)(H,70,80)(H,71,83)(H,72,86)(H,73,87)(H,74,82)(H,75,84)(H,76,85)(H4,64,65,68)(H4,66,67,69)/t39-,40+,42+,43+,44-,45-,46-,47-,48-,49-,51-/m0/s1. The van der Waals surface area contributed by atoms with E-state index in [2.05, 4.69) is 54.1 Å². The molecule has 1 aliphatic heterocycles. The van der Waals surface area contributed by atoms with Crippen molar-refractivity contribution in [1.82, 2.24) is 47.0 Å². The number of nitrogens with two attached hydrogens (primary N) is 5. The zero-order chi connectivity index (χ0) is 66.9. The third kappa shape index (κ3) is 28.6. The van der Waals surface area contributed by atoms with E-state index in [9.17, 15) is 53.1 Å². The zero-order valence-corrected chi connectivity index (χ0v) is 54.4. The van der Waals surface area contributed by atoms with Gasteiger partial charge in [0.15, 0.2) is 11.9 Å². The Balaban J connectivity index is 2.51. The minimum Gasteiger partial charge on any atom is -0.391 e. The molecular formula is C62H108N16O11. The molecule has 89 heavy (non-hydrogen) atoms. The fourth-order valence-corrected chi connectivity index (χ4v) is 10.4. The second-order valence-electron chi connectivity index (χ2n) is 24.4. The van der Waals surface area contributed by atoms with E-state index >= 15 is 0 Å². The lowest BCUT2D eigenvalue weighted by Gasteiger charge is -2.35. The number of aliphatic hydroxyl groups excluding tert-OH is 1.